The highest BCUT2D eigenvalue weighted by Gasteiger charge is 2.19. The molecule has 2 N–H and O–H groups in total. The molecule has 0 saturated heterocycles. The zero-order valence-corrected chi connectivity index (χ0v) is 12.3. The summed E-state index contributed by atoms with van der Waals surface area (Å²) < 4.78 is 26.5. The molecule has 108 valence electrons. The molecule has 1 aromatic carbocycles. The van der Waals surface area contributed by atoms with Crippen LogP contribution in [0.4, 0.5) is 0 Å². The van der Waals surface area contributed by atoms with Crippen molar-refractivity contribution in [2.45, 2.75) is 18.4 Å². The Balaban J connectivity index is 2.17. The van der Waals surface area contributed by atoms with Crippen LogP contribution in [0.1, 0.15) is 11.1 Å². The predicted molar refractivity (Wildman–Crippen MR) is 81.4 cm³/mol. The van der Waals surface area contributed by atoms with Crippen LogP contribution in [-0.2, 0) is 16.6 Å². The summed E-state index contributed by atoms with van der Waals surface area (Å²) in [4.78, 5) is 4.47. The molecule has 0 aliphatic rings. The fraction of sp³-hybridized carbons (Fsp3) is 0.133. The minimum atomic E-state index is -3.64. The number of benzene rings is 1. The molecule has 3 rings (SSSR count). The van der Waals surface area contributed by atoms with Gasteiger partial charge in [-0.15, -0.1) is 0 Å². The largest absolute Gasteiger partial charge is 0.326 e. The number of nitrogens with zero attached hydrogens (tertiary/aromatic N) is 2. The normalized spacial score (nSPS) is 11.9. The van der Waals surface area contributed by atoms with Crippen molar-refractivity contribution >= 4 is 21.1 Å². The standard InChI is InChI=1S/C15H15N3O2S/c1-11-2-4-14(5-3-11)21(19,20)18-7-6-13-8-12(9-16)10-17-15(13)18/h2-8,10H,9,16H2,1H3. The summed E-state index contributed by atoms with van der Waals surface area (Å²) in [5.74, 6) is 0. The zero-order valence-electron chi connectivity index (χ0n) is 11.5. The van der Waals surface area contributed by atoms with Crippen LogP contribution < -0.4 is 5.73 Å². The average Bonchev–Trinajstić information content (AvgIpc) is 2.91. The molecule has 0 spiro atoms. The Morgan fingerprint density at radius 3 is 2.57 bits per heavy atom. The SMILES string of the molecule is Cc1ccc(S(=O)(=O)n2ccc3cc(CN)cnc32)cc1. The van der Waals surface area contributed by atoms with Crippen molar-refractivity contribution in [3.63, 3.8) is 0 Å². The fourth-order valence-electron chi connectivity index (χ4n) is 2.17. The molecule has 0 fully saturated rings. The van der Waals surface area contributed by atoms with Gasteiger partial charge in [0.2, 0.25) is 0 Å². The van der Waals surface area contributed by atoms with E-state index in [1.165, 1.54) is 10.2 Å². The second-order valence-electron chi connectivity index (χ2n) is 4.89. The lowest BCUT2D eigenvalue weighted by Gasteiger charge is -2.07. The third-order valence-corrected chi connectivity index (χ3v) is 5.04. The van der Waals surface area contributed by atoms with E-state index in [1.54, 1.807) is 36.5 Å². The molecule has 0 unspecified atom stereocenters. The molecule has 0 amide bonds. The number of hydrogen-bond donors (Lipinski definition) is 1. The number of hydrogen-bond acceptors (Lipinski definition) is 4. The maximum absolute atomic E-state index is 12.7. The van der Waals surface area contributed by atoms with Gasteiger partial charge >= 0.3 is 0 Å². The average molecular weight is 301 g/mol. The van der Waals surface area contributed by atoms with Crippen molar-refractivity contribution in [3.8, 4) is 0 Å². The number of rotatable bonds is 3. The molecule has 3 aromatic rings. The van der Waals surface area contributed by atoms with Crippen LogP contribution in [-0.4, -0.2) is 17.4 Å². The van der Waals surface area contributed by atoms with Crippen molar-refractivity contribution in [2.75, 3.05) is 0 Å². The first-order valence-corrected chi connectivity index (χ1v) is 7.94. The van der Waals surface area contributed by atoms with Crippen LogP contribution in [0.15, 0.2) is 53.7 Å². The van der Waals surface area contributed by atoms with E-state index in [9.17, 15) is 8.42 Å². The number of pyridine rings is 1. The Bertz CT molecular complexity index is 896. The minimum absolute atomic E-state index is 0.246. The second-order valence-corrected chi connectivity index (χ2v) is 6.71. The summed E-state index contributed by atoms with van der Waals surface area (Å²) in [5, 5.41) is 0.758. The quantitative estimate of drug-likeness (QED) is 0.803. The summed E-state index contributed by atoms with van der Waals surface area (Å²) in [5.41, 5.74) is 7.86. The monoisotopic (exact) mass is 301 g/mol. The van der Waals surface area contributed by atoms with E-state index in [1.807, 2.05) is 13.0 Å². The maximum atomic E-state index is 12.7. The van der Waals surface area contributed by atoms with Crippen molar-refractivity contribution in [1.82, 2.24) is 8.96 Å². The molecular weight excluding hydrogens is 286 g/mol. The van der Waals surface area contributed by atoms with Gasteiger partial charge in [-0.2, -0.15) is 0 Å². The van der Waals surface area contributed by atoms with E-state index in [0.717, 1.165) is 16.5 Å². The van der Waals surface area contributed by atoms with Gasteiger partial charge in [0, 0.05) is 24.3 Å². The third kappa shape index (κ3) is 2.32. The van der Waals surface area contributed by atoms with Crippen molar-refractivity contribution < 1.29 is 8.42 Å². The lowest BCUT2D eigenvalue weighted by Crippen LogP contribution is -2.12. The molecule has 2 heterocycles. The Labute approximate surface area is 123 Å². The molecule has 0 saturated carbocycles. The van der Waals surface area contributed by atoms with E-state index in [4.69, 9.17) is 5.73 Å². The van der Waals surface area contributed by atoms with Crippen LogP contribution in [0.5, 0.6) is 0 Å². The van der Waals surface area contributed by atoms with Gasteiger partial charge in [0.25, 0.3) is 10.0 Å². The molecule has 5 nitrogen and oxygen atoms in total. The van der Waals surface area contributed by atoms with E-state index >= 15 is 0 Å². The van der Waals surface area contributed by atoms with Gasteiger partial charge in [0.05, 0.1) is 4.90 Å². The van der Waals surface area contributed by atoms with Gasteiger partial charge in [-0.25, -0.2) is 17.4 Å². The first kappa shape index (κ1) is 13.8. The molecular formula is C15H15N3O2S. The van der Waals surface area contributed by atoms with Gasteiger partial charge < -0.3 is 5.73 Å². The van der Waals surface area contributed by atoms with Crippen LogP contribution in [0.3, 0.4) is 0 Å². The smallest absolute Gasteiger partial charge is 0.269 e. The molecule has 0 radical (unpaired) electrons. The van der Waals surface area contributed by atoms with Gasteiger partial charge in [-0.1, -0.05) is 17.7 Å². The Hall–Kier alpha value is -2.18. The molecule has 6 heteroatoms. The molecule has 0 bridgehead atoms. The van der Waals surface area contributed by atoms with E-state index in [0.29, 0.717) is 12.2 Å². The van der Waals surface area contributed by atoms with Gasteiger partial charge in [0.15, 0.2) is 5.65 Å². The van der Waals surface area contributed by atoms with Crippen LogP contribution in [0.25, 0.3) is 11.0 Å². The Kier molecular flexibility index (Phi) is 3.27. The van der Waals surface area contributed by atoms with Crippen LogP contribution in [0.2, 0.25) is 0 Å². The first-order valence-electron chi connectivity index (χ1n) is 6.50. The Morgan fingerprint density at radius 1 is 1.19 bits per heavy atom. The number of aromatic nitrogens is 2. The highest BCUT2D eigenvalue weighted by Crippen LogP contribution is 2.21. The van der Waals surface area contributed by atoms with E-state index < -0.39 is 10.0 Å². The van der Waals surface area contributed by atoms with Gasteiger partial charge in [-0.3, -0.25) is 0 Å². The minimum Gasteiger partial charge on any atom is -0.326 e. The number of nitrogens with two attached hydrogens (primary N) is 1. The lowest BCUT2D eigenvalue weighted by molar-refractivity contribution is 0.588. The van der Waals surface area contributed by atoms with Crippen molar-refractivity contribution in [1.29, 1.82) is 0 Å². The first-order chi connectivity index (χ1) is 10.0. The number of fused-ring (bicyclic) bond motifs is 1. The molecule has 0 aliphatic heterocycles. The van der Waals surface area contributed by atoms with E-state index in [-0.39, 0.29) is 4.90 Å². The van der Waals surface area contributed by atoms with Crippen molar-refractivity contribution in [3.05, 3.63) is 59.9 Å². The number of aryl methyl sites for hydroxylation is 1. The topological polar surface area (TPSA) is 78.0 Å². The summed E-state index contributed by atoms with van der Waals surface area (Å²) in [6, 6.07) is 10.3. The Morgan fingerprint density at radius 2 is 1.90 bits per heavy atom. The fourth-order valence-corrected chi connectivity index (χ4v) is 3.48. The predicted octanol–water partition coefficient (Wildman–Crippen LogP) is 2.04. The summed E-state index contributed by atoms with van der Waals surface area (Å²) in [6.45, 7) is 2.29. The molecule has 0 aliphatic carbocycles. The van der Waals surface area contributed by atoms with Gasteiger partial charge in [0.1, 0.15) is 0 Å². The van der Waals surface area contributed by atoms with E-state index in [2.05, 4.69) is 4.98 Å². The van der Waals surface area contributed by atoms with Crippen LogP contribution >= 0.6 is 0 Å². The second kappa shape index (κ2) is 4.98. The molecule has 21 heavy (non-hydrogen) atoms. The third-order valence-electron chi connectivity index (χ3n) is 3.36. The van der Waals surface area contributed by atoms with Gasteiger partial charge in [-0.05, 0) is 36.8 Å². The molecule has 2 aromatic heterocycles. The maximum Gasteiger partial charge on any atom is 0.269 e. The summed E-state index contributed by atoms with van der Waals surface area (Å²) in [7, 11) is -3.64. The summed E-state index contributed by atoms with van der Waals surface area (Å²) in [6.07, 6.45) is 3.12. The van der Waals surface area contributed by atoms with Crippen molar-refractivity contribution in [2.24, 2.45) is 5.73 Å². The summed E-state index contributed by atoms with van der Waals surface area (Å²) >= 11 is 0. The molecule has 0 atom stereocenters. The highest BCUT2D eigenvalue weighted by atomic mass is 32.2. The highest BCUT2D eigenvalue weighted by molar-refractivity contribution is 7.90. The zero-order chi connectivity index (χ0) is 15.0. The lowest BCUT2D eigenvalue weighted by atomic mass is 10.2. The van der Waals surface area contributed by atoms with Crippen LogP contribution in [0, 0.1) is 6.92 Å².